The van der Waals surface area contributed by atoms with Gasteiger partial charge in [-0.1, -0.05) is 6.07 Å². The molecule has 2 rings (SSSR count). The number of carbonyl (C=O) groups excluding carboxylic acids is 1. The van der Waals surface area contributed by atoms with E-state index in [-0.39, 0.29) is 11.7 Å². The molecule has 0 bridgehead atoms. The van der Waals surface area contributed by atoms with Crippen LogP contribution in [0.3, 0.4) is 0 Å². The first-order valence-electron chi connectivity index (χ1n) is 6.26. The van der Waals surface area contributed by atoms with Gasteiger partial charge in [-0.2, -0.15) is 5.26 Å². The monoisotopic (exact) mass is 261 g/mol. The second-order valence-electron chi connectivity index (χ2n) is 4.69. The van der Waals surface area contributed by atoms with E-state index in [0.717, 1.165) is 0 Å². The molecule has 0 N–H and O–H groups in total. The minimum atomic E-state index is -0.353. The molecule has 0 atom stereocenters. The van der Waals surface area contributed by atoms with E-state index in [9.17, 15) is 9.18 Å². The fraction of sp³-hybridized carbons (Fsp3) is 0.429. The van der Waals surface area contributed by atoms with Gasteiger partial charge in [0.1, 0.15) is 5.82 Å². The molecule has 1 saturated heterocycles. The van der Waals surface area contributed by atoms with Crippen molar-refractivity contribution in [3.63, 3.8) is 0 Å². The van der Waals surface area contributed by atoms with Gasteiger partial charge in [0, 0.05) is 31.7 Å². The molecule has 1 fully saturated rings. The molecule has 5 heteroatoms. The van der Waals surface area contributed by atoms with Crippen LogP contribution in [-0.2, 0) is 0 Å². The van der Waals surface area contributed by atoms with Gasteiger partial charge < -0.3 is 4.90 Å². The van der Waals surface area contributed by atoms with Crippen LogP contribution < -0.4 is 0 Å². The number of hydrogen-bond acceptors (Lipinski definition) is 3. The number of aryl methyl sites for hydroxylation is 1. The highest BCUT2D eigenvalue weighted by atomic mass is 19.1. The van der Waals surface area contributed by atoms with Crippen molar-refractivity contribution in [1.29, 1.82) is 5.26 Å². The molecule has 1 aromatic rings. The van der Waals surface area contributed by atoms with Gasteiger partial charge in [-0.25, -0.2) is 4.39 Å². The lowest BCUT2D eigenvalue weighted by atomic mass is 10.1. The molecule has 0 unspecified atom stereocenters. The molecule has 0 aliphatic carbocycles. The highest BCUT2D eigenvalue weighted by Gasteiger charge is 2.22. The van der Waals surface area contributed by atoms with Crippen molar-refractivity contribution in [2.45, 2.75) is 6.92 Å². The van der Waals surface area contributed by atoms with E-state index in [4.69, 9.17) is 5.26 Å². The Morgan fingerprint density at radius 1 is 1.37 bits per heavy atom. The summed E-state index contributed by atoms with van der Waals surface area (Å²) in [6.07, 6.45) is 0. The predicted octanol–water partition coefficient (Wildman–Crippen LogP) is 1.42. The summed E-state index contributed by atoms with van der Waals surface area (Å²) < 4.78 is 13.5. The fourth-order valence-corrected chi connectivity index (χ4v) is 2.12. The number of carbonyl (C=O) groups is 1. The van der Waals surface area contributed by atoms with Crippen LogP contribution in [-0.4, -0.2) is 48.4 Å². The number of nitrogens with zero attached hydrogens (tertiary/aromatic N) is 3. The smallest absolute Gasteiger partial charge is 0.254 e. The second kappa shape index (κ2) is 5.81. The maximum absolute atomic E-state index is 13.5. The van der Waals surface area contributed by atoms with Gasteiger partial charge in [-0.3, -0.25) is 9.69 Å². The first kappa shape index (κ1) is 13.5. The molecule has 4 nitrogen and oxygen atoms in total. The van der Waals surface area contributed by atoms with Crippen molar-refractivity contribution in [2.24, 2.45) is 0 Å². The van der Waals surface area contributed by atoms with Gasteiger partial charge >= 0.3 is 0 Å². The lowest BCUT2D eigenvalue weighted by Gasteiger charge is -2.33. The van der Waals surface area contributed by atoms with Crippen LogP contribution in [0.5, 0.6) is 0 Å². The maximum Gasteiger partial charge on any atom is 0.254 e. The topological polar surface area (TPSA) is 47.3 Å². The van der Waals surface area contributed by atoms with Gasteiger partial charge in [-0.15, -0.1) is 0 Å². The Morgan fingerprint density at radius 2 is 2.05 bits per heavy atom. The maximum atomic E-state index is 13.5. The number of nitriles is 1. The molecule has 0 spiro atoms. The summed E-state index contributed by atoms with van der Waals surface area (Å²) in [5.74, 6) is -0.496. The van der Waals surface area contributed by atoms with Gasteiger partial charge in [0.15, 0.2) is 0 Å². The average Bonchev–Trinajstić information content (AvgIpc) is 2.42. The van der Waals surface area contributed by atoms with Crippen LogP contribution >= 0.6 is 0 Å². The Labute approximate surface area is 112 Å². The molecule has 0 aromatic heterocycles. The van der Waals surface area contributed by atoms with Crippen LogP contribution in [0.15, 0.2) is 18.2 Å². The van der Waals surface area contributed by atoms with Crippen molar-refractivity contribution in [3.8, 4) is 6.07 Å². The zero-order chi connectivity index (χ0) is 13.8. The fourth-order valence-electron chi connectivity index (χ4n) is 2.12. The summed E-state index contributed by atoms with van der Waals surface area (Å²) in [4.78, 5) is 15.9. The molecule has 1 aromatic carbocycles. The lowest BCUT2D eigenvalue weighted by Crippen LogP contribution is -2.48. The van der Waals surface area contributed by atoms with Crippen LogP contribution in [0.1, 0.15) is 15.9 Å². The Kier molecular flexibility index (Phi) is 4.13. The molecule has 100 valence electrons. The summed E-state index contributed by atoms with van der Waals surface area (Å²) >= 11 is 0. The van der Waals surface area contributed by atoms with E-state index in [1.54, 1.807) is 24.0 Å². The van der Waals surface area contributed by atoms with E-state index in [0.29, 0.717) is 43.9 Å². The normalized spacial score (nSPS) is 16.2. The molecular weight excluding hydrogens is 245 g/mol. The van der Waals surface area contributed by atoms with E-state index in [1.165, 1.54) is 6.07 Å². The molecule has 0 saturated carbocycles. The zero-order valence-electron chi connectivity index (χ0n) is 10.9. The molecule has 1 aliphatic rings. The summed E-state index contributed by atoms with van der Waals surface area (Å²) in [7, 11) is 0. The average molecular weight is 261 g/mol. The largest absolute Gasteiger partial charge is 0.336 e. The first-order valence-corrected chi connectivity index (χ1v) is 6.26. The van der Waals surface area contributed by atoms with Gasteiger partial charge in [0.2, 0.25) is 0 Å². The molecule has 19 heavy (non-hydrogen) atoms. The summed E-state index contributed by atoms with van der Waals surface area (Å²) in [6, 6.07) is 6.67. The third-order valence-corrected chi connectivity index (χ3v) is 3.37. The summed E-state index contributed by atoms with van der Waals surface area (Å²) in [5.41, 5.74) is 0.923. The minimum Gasteiger partial charge on any atom is -0.336 e. The van der Waals surface area contributed by atoms with Crippen molar-refractivity contribution in [2.75, 3.05) is 32.7 Å². The first-order chi connectivity index (χ1) is 9.11. The highest BCUT2D eigenvalue weighted by Crippen LogP contribution is 2.13. The van der Waals surface area contributed by atoms with E-state index < -0.39 is 0 Å². The Morgan fingerprint density at radius 3 is 2.63 bits per heavy atom. The van der Waals surface area contributed by atoms with Crippen LogP contribution in [0, 0.1) is 24.1 Å². The Bertz CT molecular complexity index is 516. The van der Waals surface area contributed by atoms with Crippen molar-refractivity contribution in [3.05, 3.63) is 35.1 Å². The quantitative estimate of drug-likeness (QED) is 0.756. The van der Waals surface area contributed by atoms with Crippen LogP contribution in [0.2, 0.25) is 0 Å². The number of piperazine rings is 1. The van der Waals surface area contributed by atoms with Crippen molar-refractivity contribution < 1.29 is 9.18 Å². The Hall–Kier alpha value is -1.93. The number of halogens is 1. The summed E-state index contributed by atoms with van der Waals surface area (Å²) in [6.45, 7) is 4.60. The highest BCUT2D eigenvalue weighted by molar-refractivity contribution is 5.94. The molecule has 1 amide bonds. The Balaban J connectivity index is 2.01. The van der Waals surface area contributed by atoms with E-state index in [1.807, 2.05) is 4.90 Å². The molecule has 1 heterocycles. The third kappa shape index (κ3) is 3.09. The summed E-state index contributed by atoms with van der Waals surface area (Å²) in [5, 5.41) is 8.61. The molecule has 0 radical (unpaired) electrons. The number of rotatable bonds is 2. The van der Waals surface area contributed by atoms with Gasteiger partial charge in [0.25, 0.3) is 5.91 Å². The number of amides is 1. The van der Waals surface area contributed by atoms with Crippen molar-refractivity contribution >= 4 is 5.91 Å². The molecule has 1 aliphatic heterocycles. The SMILES string of the molecule is Cc1ccc(C(=O)N2CCN(CC#N)CC2)cc1F. The number of benzene rings is 1. The van der Waals surface area contributed by atoms with E-state index in [2.05, 4.69) is 6.07 Å². The van der Waals surface area contributed by atoms with Crippen molar-refractivity contribution in [1.82, 2.24) is 9.80 Å². The molecular formula is C14H16FN3O. The standard InChI is InChI=1S/C14H16FN3O/c1-11-2-3-12(10-13(11)15)14(19)18-8-6-17(5-4-16)7-9-18/h2-3,10H,5-9H2,1H3. The zero-order valence-corrected chi connectivity index (χ0v) is 10.9. The lowest BCUT2D eigenvalue weighted by molar-refractivity contribution is 0.0651. The van der Waals surface area contributed by atoms with Gasteiger partial charge in [0.05, 0.1) is 12.6 Å². The third-order valence-electron chi connectivity index (χ3n) is 3.37. The van der Waals surface area contributed by atoms with E-state index >= 15 is 0 Å². The minimum absolute atomic E-state index is 0.143. The number of hydrogen-bond donors (Lipinski definition) is 0. The second-order valence-corrected chi connectivity index (χ2v) is 4.69. The van der Waals surface area contributed by atoms with Crippen LogP contribution in [0.25, 0.3) is 0 Å². The predicted molar refractivity (Wildman–Crippen MR) is 69.1 cm³/mol. The van der Waals surface area contributed by atoms with Crippen LogP contribution in [0.4, 0.5) is 4.39 Å². The van der Waals surface area contributed by atoms with Gasteiger partial charge in [-0.05, 0) is 24.6 Å².